The first-order valence-corrected chi connectivity index (χ1v) is 6.68. The molecule has 19 heavy (non-hydrogen) atoms. The van der Waals surface area contributed by atoms with Crippen LogP contribution in [0.15, 0.2) is 0 Å². The Morgan fingerprint density at radius 3 is 2.53 bits per heavy atom. The Hall–Kier alpha value is -1.59. The van der Waals surface area contributed by atoms with E-state index in [1.165, 1.54) is 11.8 Å². The van der Waals surface area contributed by atoms with E-state index in [4.69, 9.17) is 5.11 Å². The first-order chi connectivity index (χ1) is 8.88. The molecule has 0 saturated carbocycles. The van der Waals surface area contributed by atoms with Crippen molar-refractivity contribution < 1.29 is 19.5 Å². The van der Waals surface area contributed by atoms with Gasteiger partial charge in [0.05, 0.1) is 0 Å². The van der Waals surface area contributed by atoms with E-state index in [0.717, 1.165) is 6.42 Å². The Morgan fingerprint density at radius 1 is 1.42 bits per heavy atom. The molecule has 0 radical (unpaired) electrons. The van der Waals surface area contributed by atoms with Crippen LogP contribution in [0.4, 0.5) is 0 Å². The Kier molecular flexibility index (Phi) is 5.32. The lowest BCUT2D eigenvalue weighted by Gasteiger charge is -2.26. The van der Waals surface area contributed by atoms with E-state index in [0.29, 0.717) is 19.4 Å². The van der Waals surface area contributed by atoms with Crippen molar-refractivity contribution in [3.05, 3.63) is 0 Å². The minimum atomic E-state index is -1.03. The van der Waals surface area contributed by atoms with Crippen LogP contribution in [0.1, 0.15) is 40.0 Å². The second kappa shape index (κ2) is 6.54. The fourth-order valence-corrected chi connectivity index (χ4v) is 2.35. The zero-order valence-electron chi connectivity index (χ0n) is 11.7. The van der Waals surface area contributed by atoms with Crippen LogP contribution in [0.5, 0.6) is 0 Å². The SMILES string of the molecule is CC[C@H](C)[C@H](NC(=O)C1CCCN1C(C)=O)C(=O)O. The molecular weight excluding hydrogens is 248 g/mol. The number of aliphatic carboxylic acids is 1. The Morgan fingerprint density at radius 2 is 2.05 bits per heavy atom. The van der Waals surface area contributed by atoms with Gasteiger partial charge >= 0.3 is 5.97 Å². The topological polar surface area (TPSA) is 86.7 Å². The van der Waals surface area contributed by atoms with Crippen molar-refractivity contribution in [1.29, 1.82) is 0 Å². The van der Waals surface area contributed by atoms with Crippen LogP contribution in [0, 0.1) is 5.92 Å². The van der Waals surface area contributed by atoms with E-state index in [1.54, 1.807) is 6.92 Å². The lowest BCUT2D eigenvalue weighted by molar-refractivity contribution is -0.144. The molecule has 0 aromatic rings. The van der Waals surface area contributed by atoms with Gasteiger partial charge in [0.15, 0.2) is 0 Å². The number of nitrogens with one attached hydrogen (secondary N) is 1. The maximum atomic E-state index is 12.1. The molecule has 1 rings (SSSR count). The lowest BCUT2D eigenvalue weighted by atomic mass is 9.99. The summed E-state index contributed by atoms with van der Waals surface area (Å²) >= 11 is 0. The van der Waals surface area contributed by atoms with Crippen LogP contribution in [0.2, 0.25) is 0 Å². The third kappa shape index (κ3) is 3.68. The van der Waals surface area contributed by atoms with Crippen LogP contribution in [0.3, 0.4) is 0 Å². The van der Waals surface area contributed by atoms with Gasteiger partial charge in [-0.25, -0.2) is 4.79 Å². The molecule has 3 atom stereocenters. The summed E-state index contributed by atoms with van der Waals surface area (Å²) in [6.45, 7) is 5.66. The van der Waals surface area contributed by atoms with Crippen molar-refractivity contribution >= 4 is 17.8 Å². The molecule has 1 fully saturated rings. The molecule has 0 spiro atoms. The van der Waals surface area contributed by atoms with Crippen molar-refractivity contribution in [2.24, 2.45) is 5.92 Å². The highest BCUT2D eigenvalue weighted by atomic mass is 16.4. The van der Waals surface area contributed by atoms with Gasteiger partial charge in [0, 0.05) is 13.5 Å². The molecule has 0 aliphatic carbocycles. The summed E-state index contributed by atoms with van der Waals surface area (Å²) in [5.41, 5.74) is 0. The normalized spacial score (nSPS) is 21.8. The van der Waals surface area contributed by atoms with E-state index in [9.17, 15) is 14.4 Å². The van der Waals surface area contributed by atoms with Gasteiger partial charge in [-0.05, 0) is 18.8 Å². The van der Waals surface area contributed by atoms with Crippen molar-refractivity contribution in [2.45, 2.75) is 52.1 Å². The number of carbonyl (C=O) groups is 3. The number of carbonyl (C=O) groups excluding carboxylic acids is 2. The predicted molar refractivity (Wildman–Crippen MR) is 69.4 cm³/mol. The second-order valence-electron chi connectivity index (χ2n) is 5.08. The van der Waals surface area contributed by atoms with Crippen LogP contribution in [-0.4, -0.2) is 46.4 Å². The van der Waals surface area contributed by atoms with E-state index < -0.39 is 18.1 Å². The Balaban J connectivity index is 2.71. The lowest BCUT2D eigenvalue weighted by Crippen LogP contribution is -2.52. The summed E-state index contributed by atoms with van der Waals surface area (Å²) in [6.07, 6.45) is 2.04. The number of carboxylic acid groups (broad SMARTS) is 1. The van der Waals surface area contributed by atoms with Gasteiger partial charge in [-0.3, -0.25) is 9.59 Å². The van der Waals surface area contributed by atoms with E-state index in [2.05, 4.69) is 5.32 Å². The zero-order valence-corrected chi connectivity index (χ0v) is 11.7. The van der Waals surface area contributed by atoms with Crippen LogP contribution in [-0.2, 0) is 14.4 Å². The minimum Gasteiger partial charge on any atom is -0.480 e. The van der Waals surface area contributed by atoms with Crippen molar-refractivity contribution in [3.63, 3.8) is 0 Å². The van der Waals surface area contributed by atoms with Gasteiger partial charge in [0.2, 0.25) is 11.8 Å². The Labute approximate surface area is 113 Å². The maximum Gasteiger partial charge on any atom is 0.326 e. The first kappa shape index (κ1) is 15.5. The van der Waals surface area contributed by atoms with Gasteiger partial charge in [-0.2, -0.15) is 0 Å². The van der Waals surface area contributed by atoms with Crippen LogP contribution < -0.4 is 5.32 Å². The number of carboxylic acids is 1. The standard InChI is InChI=1S/C13H22N2O4/c1-4-8(2)11(13(18)19)14-12(17)10-6-5-7-15(10)9(3)16/h8,10-11H,4-7H2,1-3H3,(H,14,17)(H,18,19)/t8-,10?,11-/m0/s1. The average molecular weight is 270 g/mol. The highest BCUT2D eigenvalue weighted by molar-refractivity contribution is 5.90. The number of hydrogen-bond acceptors (Lipinski definition) is 3. The summed E-state index contributed by atoms with van der Waals surface area (Å²) in [4.78, 5) is 36.2. The summed E-state index contributed by atoms with van der Waals surface area (Å²) in [5.74, 6) is -1.68. The summed E-state index contributed by atoms with van der Waals surface area (Å²) in [6, 6.07) is -1.42. The van der Waals surface area contributed by atoms with E-state index in [1.807, 2.05) is 6.92 Å². The van der Waals surface area contributed by atoms with E-state index in [-0.39, 0.29) is 17.7 Å². The molecule has 6 heteroatoms. The van der Waals surface area contributed by atoms with Gasteiger partial charge in [0.25, 0.3) is 0 Å². The van der Waals surface area contributed by atoms with Crippen LogP contribution in [0.25, 0.3) is 0 Å². The zero-order chi connectivity index (χ0) is 14.6. The number of nitrogens with zero attached hydrogens (tertiary/aromatic N) is 1. The highest BCUT2D eigenvalue weighted by Crippen LogP contribution is 2.18. The number of amides is 2. The first-order valence-electron chi connectivity index (χ1n) is 6.68. The third-order valence-corrected chi connectivity index (χ3v) is 3.74. The molecule has 6 nitrogen and oxygen atoms in total. The monoisotopic (exact) mass is 270 g/mol. The third-order valence-electron chi connectivity index (χ3n) is 3.74. The van der Waals surface area contributed by atoms with Gasteiger partial charge in [0.1, 0.15) is 12.1 Å². The maximum absolute atomic E-state index is 12.1. The molecule has 1 heterocycles. The van der Waals surface area contributed by atoms with Crippen molar-refractivity contribution in [2.75, 3.05) is 6.54 Å². The van der Waals surface area contributed by atoms with Gasteiger partial charge < -0.3 is 15.3 Å². The average Bonchev–Trinajstić information content (AvgIpc) is 2.83. The van der Waals surface area contributed by atoms with Crippen molar-refractivity contribution in [3.8, 4) is 0 Å². The number of hydrogen-bond donors (Lipinski definition) is 2. The minimum absolute atomic E-state index is 0.145. The highest BCUT2D eigenvalue weighted by Gasteiger charge is 2.35. The van der Waals surface area contributed by atoms with E-state index >= 15 is 0 Å². The summed E-state index contributed by atoms with van der Waals surface area (Å²) < 4.78 is 0. The molecular formula is C13H22N2O4. The molecule has 0 aromatic heterocycles. The molecule has 0 bridgehead atoms. The quantitative estimate of drug-likeness (QED) is 0.766. The fraction of sp³-hybridized carbons (Fsp3) is 0.769. The molecule has 0 aromatic carbocycles. The number of rotatable bonds is 5. The fourth-order valence-electron chi connectivity index (χ4n) is 2.35. The molecule has 1 saturated heterocycles. The molecule has 108 valence electrons. The van der Waals surface area contributed by atoms with Gasteiger partial charge in [-0.1, -0.05) is 20.3 Å². The molecule has 2 N–H and O–H groups in total. The molecule has 1 aliphatic heterocycles. The predicted octanol–water partition coefficient (Wildman–Crippen LogP) is 0.613. The number of likely N-dealkylation sites (tertiary alicyclic amines) is 1. The molecule has 1 aliphatic rings. The molecule has 1 unspecified atom stereocenters. The summed E-state index contributed by atoms with van der Waals surface area (Å²) in [5, 5.41) is 11.7. The smallest absolute Gasteiger partial charge is 0.326 e. The van der Waals surface area contributed by atoms with Gasteiger partial charge in [-0.15, -0.1) is 0 Å². The van der Waals surface area contributed by atoms with Crippen LogP contribution >= 0.6 is 0 Å². The van der Waals surface area contributed by atoms with Crippen molar-refractivity contribution in [1.82, 2.24) is 10.2 Å². The molecule has 2 amide bonds. The largest absolute Gasteiger partial charge is 0.480 e. The second-order valence-corrected chi connectivity index (χ2v) is 5.08. The summed E-state index contributed by atoms with van der Waals surface area (Å²) in [7, 11) is 0. The Bertz CT molecular complexity index is 370.